The van der Waals surface area contributed by atoms with Gasteiger partial charge in [-0.1, -0.05) is 0 Å². The van der Waals surface area contributed by atoms with Gasteiger partial charge < -0.3 is 0 Å². The SMILES string of the molecule is CC1(Cl)CC1(C)C#N. The van der Waals surface area contributed by atoms with Gasteiger partial charge in [0.25, 0.3) is 0 Å². The second-order valence-electron chi connectivity index (χ2n) is 2.82. The fourth-order valence-electron chi connectivity index (χ4n) is 0.776. The van der Waals surface area contributed by atoms with Crippen LogP contribution in [0.2, 0.25) is 0 Å². The Labute approximate surface area is 54.3 Å². The first-order valence-electron chi connectivity index (χ1n) is 2.62. The molecule has 0 N–H and O–H groups in total. The van der Waals surface area contributed by atoms with Crippen LogP contribution < -0.4 is 0 Å². The maximum absolute atomic E-state index is 8.47. The Morgan fingerprint density at radius 1 is 1.62 bits per heavy atom. The summed E-state index contributed by atoms with van der Waals surface area (Å²) in [7, 11) is 0. The van der Waals surface area contributed by atoms with E-state index in [1.54, 1.807) is 0 Å². The summed E-state index contributed by atoms with van der Waals surface area (Å²) in [5, 5.41) is 8.47. The zero-order valence-corrected chi connectivity index (χ0v) is 5.79. The topological polar surface area (TPSA) is 23.8 Å². The highest BCUT2D eigenvalue weighted by molar-refractivity contribution is 6.26. The van der Waals surface area contributed by atoms with E-state index in [0.717, 1.165) is 6.42 Å². The minimum Gasteiger partial charge on any atom is -0.198 e. The quantitative estimate of drug-likeness (QED) is 0.459. The molecule has 2 unspecified atom stereocenters. The molecule has 0 aromatic heterocycles. The molecule has 0 saturated heterocycles. The van der Waals surface area contributed by atoms with Crippen LogP contribution in [0.3, 0.4) is 0 Å². The number of rotatable bonds is 0. The normalized spacial score (nSPS) is 52.8. The molecule has 0 aliphatic heterocycles. The van der Waals surface area contributed by atoms with E-state index in [9.17, 15) is 0 Å². The fourth-order valence-corrected chi connectivity index (χ4v) is 1.09. The summed E-state index contributed by atoms with van der Waals surface area (Å²) in [4.78, 5) is -0.234. The summed E-state index contributed by atoms with van der Waals surface area (Å²) >= 11 is 5.83. The standard InChI is InChI=1S/C6H8ClN/c1-5(4-8)3-6(5,2)7/h3H2,1-2H3. The van der Waals surface area contributed by atoms with Crippen LogP contribution in [0.1, 0.15) is 20.3 Å². The second kappa shape index (κ2) is 1.19. The molecular weight excluding hydrogens is 122 g/mol. The van der Waals surface area contributed by atoms with Crippen molar-refractivity contribution in [2.75, 3.05) is 0 Å². The van der Waals surface area contributed by atoms with Crippen molar-refractivity contribution in [1.29, 1.82) is 5.26 Å². The zero-order chi connectivity index (χ0) is 6.41. The van der Waals surface area contributed by atoms with E-state index in [0.29, 0.717) is 0 Å². The molecule has 1 fully saturated rings. The van der Waals surface area contributed by atoms with E-state index >= 15 is 0 Å². The van der Waals surface area contributed by atoms with Gasteiger partial charge in [0.2, 0.25) is 0 Å². The lowest BCUT2D eigenvalue weighted by atomic mass is 10.1. The number of halogens is 1. The van der Waals surface area contributed by atoms with Crippen molar-refractivity contribution in [2.45, 2.75) is 25.1 Å². The van der Waals surface area contributed by atoms with Gasteiger partial charge >= 0.3 is 0 Å². The van der Waals surface area contributed by atoms with Crippen LogP contribution in [-0.2, 0) is 0 Å². The molecule has 8 heavy (non-hydrogen) atoms. The van der Waals surface area contributed by atoms with Crippen molar-refractivity contribution in [2.24, 2.45) is 5.41 Å². The van der Waals surface area contributed by atoms with Crippen LogP contribution in [0.4, 0.5) is 0 Å². The van der Waals surface area contributed by atoms with Crippen molar-refractivity contribution in [1.82, 2.24) is 0 Å². The highest BCUT2D eigenvalue weighted by atomic mass is 35.5. The third-order valence-corrected chi connectivity index (χ3v) is 2.51. The molecule has 1 rings (SSSR count). The first-order valence-corrected chi connectivity index (χ1v) is 3.00. The molecule has 1 aliphatic rings. The Morgan fingerprint density at radius 2 is 2.00 bits per heavy atom. The molecule has 0 bridgehead atoms. The fraction of sp³-hybridized carbons (Fsp3) is 0.833. The van der Waals surface area contributed by atoms with Gasteiger partial charge in [-0.25, -0.2) is 0 Å². The van der Waals surface area contributed by atoms with Crippen LogP contribution in [-0.4, -0.2) is 4.87 Å². The maximum Gasteiger partial charge on any atom is 0.0752 e. The lowest BCUT2D eigenvalue weighted by molar-refractivity contribution is 0.702. The van der Waals surface area contributed by atoms with Crippen molar-refractivity contribution in [3.05, 3.63) is 0 Å². The Kier molecular flexibility index (Phi) is 0.881. The van der Waals surface area contributed by atoms with E-state index in [4.69, 9.17) is 16.9 Å². The van der Waals surface area contributed by atoms with Crippen molar-refractivity contribution >= 4 is 11.6 Å². The van der Waals surface area contributed by atoms with E-state index in [1.165, 1.54) is 0 Å². The highest BCUT2D eigenvalue weighted by Crippen LogP contribution is 2.59. The van der Waals surface area contributed by atoms with E-state index in [2.05, 4.69) is 6.07 Å². The Morgan fingerprint density at radius 3 is 2.00 bits per heavy atom. The lowest BCUT2D eigenvalue weighted by Gasteiger charge is -1.98. The summed E-state index contributed by atoms with van der Waals surface area (Å²) in [6.45, 7) is 3.79. The van der Waals surface area contributed by atoms with Gasteiger partial charge in [0.05, 0.1) is 16.4 Å². The van der Waals surface area contributed by atoms with Gasteiger partial charge in [0, 0.05) is 0 Å². The Hall–Kier alpha value is -0.220. The number of hydrogen-bond donors (Lipinski definition) is 0. The van der Waals surface area contributed by atoms with Crippen molar-refractivity contribution in [3.8, 4) is 6.07 Å². The molecule has 1 aliphatic carbocycles. The Balaban J connectivity index is 2.72. The van der Waals surface area contributed by atoms with Gasteiger partial charge in [-0.15, -0.1) is 11.6 Å². The largest absolute Gasteiger partial charge is 0.198 e. The van der Waals surface area contributed by atoms with Gasteiger partial charge in [0.15, 0.2) is 0 Å². The Bertz CT molecular complexity index is 156. The minimum atomic E-state index is -0.242. The molecule has 44 valence electrons. The molecule has 1 saturated carbocycles. The lowest BCUT2D eigenvalue weighted by Crippen LogP contribution is -2.02. The average molecular weight is 130 g/mol. The van der Waals surface area contributed by atoms with Crippen LogP contribution >= 0.6 is 11.6 Å². The summed E-state index contributed by atoms with van der Waals surface area (Å²) in [5.74, 6) is 0. The first kappa shape index (κ1) is 5.91. The third-order valence-electron chi connectivity index (χ3n) is 1.96. The van der Waals surface area contributed by atoms with Crippen molar-refractivity contribution in [3.63, 3.8) is 0 Å². The molecule has 0 radical (unpaired) electrons. The van der Waals surface area contributed by atoms with Gasteiger partial charge in [-0.2, -0.15) is 5.26 Å². The predicted octanol–water partition coefficient (Wildman–Crippen LogP) is 1.92. The predicted molar refractivity (Wildman–Crippen MR) is 32.6 cm³/mol. The van der Waals surface area contributed by atoms with Gasteiger partial charge in [-0.05, 0) is 20.3 Å². The average Bonchev–Trinajstić information content (AvgIpc) is 2.10. The molecule has 0 aromatic rings. The number of nitriles is 1. The number of alkyl halides is 1. The number of nitrogens with zero attached hydrogens (tertiary/aromatic N) is 1. The summed E-state index contributed by atoms with van der Waals surface area (Å²) in [5.41, 5.74) is -0.242. The van der Waals surface area contributed by atoms with Crippen LogP contribution in [0.5, 0.6) is 0 Å². The summed E-state index contributed by atoms with van der Waals surface area (Å²) in [6, 6.07) is 2.17. The van der Waals surface area contributed by atoms with Crippen LogP contribution in [0.15, 0.2) is 0 Å². The second-order valence-corrected chi connectivity index (χ2v) is 3.65. The molecule has 0 heterocycles. The van der Waals surface area contributed by atoms with Crippen molar-refractivity contribution < 1.29 is 0 Å². The van der Waals surface area contributed by atoms with Crippen LogP contribution in [0.25, 0.3) is 0 Å². The maximum atomic E-state index is 8.47. The summed E-state index contributed by atoms with van der Waals surface area (Å²) in [6.07, 6.45) is 0.831. The zero-order valence-electron chi connectivity index (χ0n) is 5.03. The number of hydrogen-bond acceptors (Lipinski definition) is 1. The van der Waals surface area contributed by atoms with E-state index in [-0.39, 0.29) is 10.3 Å². The molecule has 0 spiro atoms. The first-order chi connectivity index (χ1) is 3.52. The van der Waals surface area contributed by atoms with E-state index < -0.39 is 0 Å². The van der Waals surface area contributed by atoms with Crippen LogP contribution in [0, 0.1) is 16.7 Å². The highest BCUT2D eigenvalue weighted by Gasteiger charge is 2.60. The monoisotopic (exact) mass is 129 g/mol. The summed E-state index contributed by atoms with van der Waals surface area (Å²) < 4.78 is 0. The van der Waals surface area contributed by atoms with E-state index in [1.807, 2.05) is 13.8 Å². The smallest absolute Gasteiger partial charge is 0.0752 e. The minimum absolute atomic E-state index is 0.234. The molecule has 2 atom stereocenters. The van der Waals surface area contributed by atoms with Gasteiger partial charge in [-0.3, -0.25) is 0 Å². The molecule has 0 aromatic carbocycles. The molecule has 0 amide bonds. The third kappa shape index (κ3) is 0.530. The molecule has 1 nitrogen and oxygen atoms in total. The van der Waals surface area contributed by atoms with Gasteiger partial charge in [0.1, 0.15) is 0 Å². The molecular formula is C6H8ClN. The molecule has 2 heteroatoms.